The lowest BCUT2D eigenvalue weighted by Gasteiger charge is -2.16. The monoisotopic (exact) mass is 167 g/mol. The summed E-state index contributed by atoms with van der Waals surface area (Å²) in [6.45, 7) is 2.84. The summed E-state index contributed by atoms with van der Waals surface area (Å²) >= 11 is 0. The molecule has 1 amide bonds. The van der Waals surface area contributed by atoms with Crippen molar-refractivity contribution in [3.63, 3.8) is 0 Å². The molecule has 1 rings (SSSR count). The minimum absolute atomic E-state index is 0.416. The number of rotatable bonds is 1. The molecule has 0 fully saturated rings. The predicted octanol–water partition coefficient (Wildman–Crippen LogP) is -0.206. The van der Waals surface area contributed by atoms with Gasteiger partial charge in [0.1, 0.15) is 5.78 Å². The van der Waals surface area contributed by atoms with Crippen LogP contribution in [-0.2, 0) is 14.4 Å². The van der Waals surface area contributed by atoms with Gasteiger partial charge in [0.15, 0.2) is 11.7 Å². The standard InChI is InChI=1S/C8H9NO3/c1-4-3-6(11)7(5(2)10)8(12)9-4/h3,7H,1-2H3,(H,9,12)/t7-/m1/s1. The molecule has 64 valence electrons. The van der Waals surface area contributed by atoms with E-state index in [1.807, 2.05) is 0 Å². The molecule has 0 aliphatic carbocycles. The largest absolute Gasteiger partial charge is 0.329 e. The maximum Gasteiger partial charge on any atom is 0.242 e. The minimum atomic E-state index is -1.13. The van der Waals surface area contributed by atoms with E-state index in [9.17, 15) is 14.4 Å². The molecule has 1 N–H and O–H groups in total. The van der Waals surface area contributed by atoms with Gasteiger partial charge in [0, 0.05) is 11.8 Å². The summed E-state index contributed by atoms with van der Waals surface area (Å²) in [6.07, 6.45) is 1.27. The second kappa shape index (κ2) is 2.89. The van der Waals surface area contributed by atoms with E-state index in [2.05, 4.69) is 5.32 Å². The first-order chi connectivity index (χ1) is 5.52. The van der Waals surface area contributed by atoms with Gasteiger partial charge in [0.25, 0.3) is 0 Å². The molecule has 1 heterocycles. The summed E-state index contributed by atoms with van der Waals surface area (Å²) in [5, 5.41) is 2.42. The molecule has 1 aliphatic rings. The van der Waals surface area contributed by atoms with Gasteiger partial charge >= 0.3 is 0 Å². The number of allylic oxidation sites excluding steroid dienone is 2. The number of ketones is 2. The molecule has 1 aliphatic heterocycles. The van der Waals surface area contributed by atoms with E-state index in [0.717, 1.165) is 0 Å². The lowest BCUT2D eigenvalue weighted by Crippen LogP contribution is -2.41. The quantitative estimate of drug-likeness (QED) is 0.550. The van der Waals surface area contributed by atoms with Gasteiger partial charge in [-0.05, 0) is 13.8 Å². The highest BCUT2D eigenvalue weighted by Gasteiger charge is 2.32. The second-order valence-corrected chi connectivity index (χ2v) is 2.76. The van der Waals surface area contributed by atoms with Crippen LogP contribution in [0.15, 0.2) is 11.8 Å². The summed E-state index contributed by atoms with van der Waals surface area (Å²) in [4.78, 5) is 33.0. The third kappa shape index (κ3) is 1.42. The molecule has 0 radical (unpaired) electrons. The Hall–Kier alpha value is -1.45. The molecular weight excluding hydrogens is 158 g/mol. The van der Waals surface area contributed by atoms with Crippen LogP contribution >= 0.6 is 0 Å². The third-order valence-corrected chi connectivity index (χ3v) is 1.63. The number of hydrogen-bond donors (Lipinski definition) is 1. The van der Waals surface area contributed by atoms with Gasteiger partial charge in [-0.25, -0.2) is 0 Å². The Kier molecular flexibility index (Phi) is 2.08. The summed E-state index contributed by atoms with van der Waals surface area (Å²) in [6, 6.07) is 0. The van der Waals surface area contributed by atoms with E-state index in [-0.39, 0.29) is 0 Å². The fraction of sp³-hybridized carbons (Fsp3) is 0.375. The summed E-state index contributed by atoms with van der Waals surface area (Å²) < 4.78 is 0. The van der Waals surface area contributed by atoms with Crippen molar-refractivity contribution in [3.8, 4) is 0 Å². The van der Waals surface area contributed by atoms with Crippen molar-refractivity contribution in [3.05, 3.63) is 11.8 Å². The summed E-state index contributed by atoms with van der Waals surface area (Å²) in [5.41, 5.74) is 0.488. The molecular formula is C8H9NO3. The summed E-state index contributed by atoms with van der Waals surface area (Å²) in [5.74, 6) is -2.49. The van der Waals surface area contributed by atoms with Crippen LogP contribution in [0.1, 0.15) is 13.8 Å². The molecule has 0 aromatic carbocycles. The van der Waals surface area contributed by atoms with Crippen molar-refractivity contribution >= 4 is 17.5 Å². The van der Waals surface area contributed by atoms with Crippen molar-refractivity contribution in [1.29, 1.82) is 0 Å². The van der Waals surface area contributed by atoms with Crippen molar-refractivity contribution in [2.75, 3.05) is 0 Å². The van der Waals surface area contributed by atoms with Crippen molar-refractivity contribution < 1.29 is 14.4 Å². The molecule has 12 heavy (non-hydrogen) atoms. The Balaban J connectivity index is 2.98. The Morgan fingerprint density at radius 1 is 1.50 bits per heavy atom. The van der Waals surface area contributed by atoms with Crippen molar-refractivity contribution in [2.24, 2.45) is 5.92 Å². The van der Waals surface area contributed by atoms with Crippen LogP contribution in [-0.4, -0.2) is 17.5 Å². The number of Topliss-reactive ketones (excluding diaryl/α,β-unsaturated/α-hetero) is 1. The number of nitrogens with one attached hydrogen (secondary N) is 1. The highest BCUT2D eigenvalue weighted by molar-refractivity contribution is 6.23. The van der Waals surface area contributed by atoms with Gasteiger partial charge in [0.2, 0.25) is 5.91 Å². The summed E-state index contributed by atoms with van der Waals surface area (Å²) in [7, 11) is 0. The number of carbonyl (C=O) groups is 3. The fourth-order valence-electron chi connectivity index (χ4n) is 1.11. The lowest BCUT2D eigenvalue weighted by atomic mass is 9.95. The maximum absolute atomic E-state index is 11.1. The third-order valence-electron chi connectivity index (χ3n) is 1.63. The molecule has 1 atom stereocenters. The average Bonchev–Trinajstić information content (AvgIpc) is 1.82. The zero-order valence-corrected chi connectivity index (χ0v) is 6.88. The van der Waals surface area contributed by atoms with Crippen LogP contribution in [0, 0.1) is 5.92 Å². The first kappa shape index (κ1) is 8.64. The normalized spacial score (nSPS) is 23.2. The van der Waals surface area contributed by atoms with Gasteiger partial charge in [-0.15, -0.1) is 0 Å². The first-order valence-corrected chi connectivity index (χ1v) is 3.56. The molecule has 0 aromatic heterocycles. The van der Waals surface area contributed by atoms with Crippen LogP contribution in [0.4, 0.5) is 0 Å². The maximum atomic E-state index is 11.1. The topological polar surface area (TPSA) is 63.2 Å². The van der Waals surface area contributed by atoms with Crippen molar-refractivity contribution in [1.82, 2.24) is 5.32 Å². The molecule has 4 heteroatoms. The van der Waals surface area contributed by atoms with Gasteiger partial charge in [-0.3, -0.25) is 14.4 Å². The van der Waals surface area contributed by atoms with E-state index in [4.69, 9.17) is 0 Å². The minimum Gasteiger partial charge on any atom is -0.329 e. The number of amides is 1. The molecule has 0 bridgehead atoms. The van der Waals surface area contributed by atoms with E-state index < -0.39 is 23.4 Å². The SMILES string of the molecule is CC(=O)[C@@H]1C(=O)C=C(C)NC1=O. The van der Waals surface area contributed by atoms with Crippen LogP contribution in [0.5, 0.6) is 0 Å². The van der Waals surface area contributed by atoms with Gasteiger partial charge < -0.3 is 5.32 Å². The first-order valence-electron chi connectivity index (χ1n) is 3.56. The number of carbonyl (C=O) groups excluding carboxylic acids is 3. The Bertz CT molecular complexity index is 291. The second-order valence-electron chi connectivity index (χ2n) is 2.76. The zero-order valence-electron chi connectivity index (χ0n) is 6.88. The molecule has 4 nitrogen and oxygen atoms in total. The highest BCUT2D eigenvalue weighted by atomic mass is 16.2. The highest BCUT2D eigenvalue weighted by Crippen LogP contribution is 2.09. The molecule has 0 saturated carbocycles. The molecule has 0 unspecified atom stereocenters. The Morgan fingerprint density at radius 3 is 2.50 bits per heavy atom. The molecule has 0 spiro atoms. The predicted molar refractivity (Wildman–Crippen MR) is 41.1 cm³/mol. The number of hydrogen-bond acceptors (Lipinski definition) is 3. The van der Waals surface area contributed by atoms with Crippen LogP contribution < -0.4 is 5.32 Å². The van der Waals surface area contributed by atoms with Gasteiger partial charge in [0.05, 0.1) is 0 Å². The van der Waals surface area contributed by atoms with Gasteiger partial charge in [-0.2, -0.15) is 0 Å². The smallest absolute Gasteiger partial charge is 0.242 e. The van der Waals surface area contributed by atoms with Crippen LogP contribution in [0.2, 0.25) is 0 Å². The fourth-order valence-corrected chi connectivity index (χ4v) is 1.11. The van der Waals surface area contributed by atoms with Crippen molar-refractivity contribution in [2.45, 2.75) is 13.8 Å². The lowest BCUT2D eigenvalue weighted by molar-refractivity contribution is -0.138. The van der Waals surface area contributed by atoms with Crippen LogP contribution in [0.25, 0.3) is 0 Å². The molecule has 0 saturated heterocycles. The van der Waals surface area contributed by atoms with E-state index in [1.54, 1.807) is 6.92 Å². The van der Waals surface area contributed by atoms with E-state index in [0.29, 0.717) is 5.70 Å². The Morgan fingerprint density at radius 2 is 2.08 bits per heavy atom. The van der Waals surface area contributed by atoms with Crippen LogP contribution in [0.3, 0.4) is 0 Å². The van der Waals surface area contributed by atoms with E-state index >= 15 is 0 Å². The van der Waals surface area contributed by atoms with Gasteiger partial charge in [-0.1, -0.05) is 0 Å². The average molecular weight is 167 g/mol. The molecule has 0 aromatic rings. The zero-order chi connectivity index (χ0) is 9.30. The Labute approximate surface area is 69.6 Å². The van der Waals surface area contributed by atoms with E-state index in [1.165, 1.54) is 13.0 Å².